The van der Waals surface area contributed by atoms with E-state index in [2.05, 4.69) is 38.3 Å². The topological polar surface area (TPSA) is 67.1 Å². The predicted molar refractivity (Wildman–Crippen MR) is 84.7 cm³/mol. The summed E-state index contributed by atoms with van der Waals surface area (Å²) in [6, 6.07) is 7.39. The average Bonchev–Trinajstić information content (AvgIpc) is 2.36. The highest BCUT2D eigenvalue weighted by molar-refractivity contribution is 5.89. The number of hydrogen-bond donors (Lipinski definition) is 3. The molecule has 20 heavy (non-hydrogen) atoms. The fourth-order valence-corrected chi connectivity index (χ4v) is 1.59. The van der Waals surface area contributed by atoms with Crippen molar-refractivity contribution < 1.29 is 4.79 Å². The maximum atomic E-state index is 11.9. The summed E-state index contributed by atoms with van der Waals surface area (Å²) in [6.45, 7) is 11.2. The normalized spacial score (nSPS) is 13.2. The molecule has 4 N–H and O–H groups in total. The van der Waals surface area contributed by atoms with Crippen molar-refractivity contribution in [1.29, 1.82) is 0 Å². The van der Waals surface area contributed by atoms with Crippen molar-refractivity contribution >= 4 is 11.7 Å². The SMILES string of the molecule is CC(N)c1cccc(NC(=O)NCC(C)(C)C(C)C)c1. The third-order valence-electron chi connectivity index (χ3n) is 3.94. The Morgan fingerprint density at radius 3 is 2.50 bits per heavy atom. The van der Waals surface area contributed by atoms with Crippen LogP contribution in [0, 0.1) is 11.3 Å². The van der Waals surface area contributed by atoms with Crippen LogP contribution in [0.2, 0.25) is 0 Å². The van der Waals surface area contributed by atoms with Crippen LogP contribution in [0.3, 0.4) is 0 Å². The zero-order valence-electron chi connectivity index (χ0n) is 13.2. The monoisotopic (exact) mass is 277 g/mol. The third kappa shape index (κ3) is 4.85. The molecule has 4 nitrogen and oxygen atoms in total. The molecule has 0 aliphatic heterocycles. The summed E-state index contributed by atoms with van der Waals surface area (Å²) >= 11 is 0. The van der Waals surface area contributed by atoms with Gasteiger partial charge in [-0.25, -0.2) is 4.79 Å². The third-order valence-corrected chi connectivity index (χ3v) is 3.94. The lowest BCUT2D eigenvalue weighted by atomic mass is 9.81. The molecule has 0 saturated carbocycles. The van der Waals surface area contributed by atoms with Gasteiger partial charge in [0.15, 0.2) is 0 Å². The van der Waals surface area contributed by atoms with E-state index in [1.165, 1.54) is 0 Å². The Kier molecular flexibility index (Phi) is 5.57. The first-order valence-electron chi connectivity index (χ1n) is 7.13. The van der Waals surface area contributed by atoms with Gasteiger partial charge >= 0.3 is 6.03 Å². The molecule has 4 heteroatoms. The lowest BCUT2D eigenvalue weighted by Crippen LogP contribution is -2.39. The predicted octanol–water partition coefficient (Wildman–Crippen LogP) is 3.51. The minimum absolute atomic E-state index is 0.0420. The summed E-state index contributed by atoms with van der Waals surface area (Å²) in [5.41, 5.74) is 7.68. The van der Waals surface area contributed by atoms with E-state index in [9.17, 15) is 4.79 Å². The molecule has 0 aliphatic carbocycles. The van der Waals surface area contributed by atoms with Crippen LogP contribution in [-0.2, 0) is 0 Å². The zero-order valence-corrected chi connectivity index (χ0v) is 13.2. The van der Waals surface area contributed by atoms with Gasteiger partial charge in [0.2, 0.25) is 0 Å². The summed E-state index contributed by atoms with van der Waals surface area (Å²) in [5, 5.41) is 5.76. The molecule has 0 saturated heterocycles. The smallest absolute Gasteiger partial charge is 0.319 e. The Hall–Kier alpha value is -1.55. The van der Waals surface area contributed by atoms with Crippen LogP contribution >= 0.6 is 0 Å². The highest BCUT2D eigenvalue weighted by Crippen LogP contribution is 2.24. The Bertz CT molecular complexity index is 453. The second-order valence-electron chi connectivity index (χ2n) is 6.37. The second kappa shape index (κ2) is 6.75. The lowest BCUT2D eigenvalue weighted by Gasteiger charge is -2.29. The maximum Gasteiger partial charge on any atom is 0.319 e. The Morgan fingerprint density at radius 1 is 1.30 bits per heavy atom. The first kappa shape index (κ1) is 16.5. The number of carbonyl (C=O) groups excluding carboxylic acids is 1. The number of rotatable bonds is 5. The Balaban J connectivity index is 2.57. The number of carbonyl (C=O) groups is 1. The maximum absolute atomic E-state index is 11.9. The molecule has 1 aromatic carbocycles. The van der Waals surface area contributed by atoms with E-state index in [0.717, 1.165) is 11.3 Å². The van der Waals surface area contributed by atoms with Gasteiger partial charge < -0.3 is 16.4 Å². The number of anilines is 1. The molecule has 0 radical (unpaired) electrons. The molecule has 0 aliphatic rings. The molecular formula is C16H27N3O. The molecule has 0 fully saturated rings. The standard InChI is InChI=1S/C16H27N3O/c1-11(2)16(4,5)10-18-15(20)19-14-8-6-7-13(9-14)12(3)17/h6-9,11-12H,10,17H2,1-5H3,(H2,18,19,20). The van der Waals surface area contributed by atoms with Gasteiger partial charge in [0.1, 0.15) is 0 Å². The summed E-state index contributed by atoms with van der Waals surface area (Å²) in [4.78, 5) is 11.9. The first-order valence-corrected chi connectivity index (χ1v) is 7.13. The van der Waals surface area contributed by atoms with Crippen LogP contribution < -0.4 is 16.4 Å². The van der Waals surface area contributed by atoms with Crippen LogP contribution in [0.25, 0.3) is 0 Å². The molecule has 1 aromatic rings. The highest BCUT2D eigenvalue weighted by Gasteiger charge is 2.22. The molecule has 1 atom stereocenters. The fraction of sp³-hybridized carbons (Fsp3) is 0.562. The molecule has 112 valence electrons. The molecule has 0 spiro atoms. The molecule has 1 rings (SSSR count). The molecule has 1 unspecified atom stereocenters. The quantitative estimate of drug-likeness (QED) is 0.771. The number of nitrogens with one attached hydrogen (secondary N) is 2. The number of hydrogen-bond acceptors (Lipinski definition) is 2. The lowest BCUT2D eigenvalue weighted by molar-refractivity contribution is 0.223. The molecule has 0 heterocycles. The van der Waals surface area contributed by atoms with Gasteiger partial charge in [0, 0.05) is 18.3 Å². The number of benzene rings is 1. The molecule has 0 bridgehead atoms. The summed E-state index contributed by atoms with van der Waals surface area (Å²) in [5.74, 6) is 0.504. The Labute approximate surface area is 122 Å². The van der Waals surface area contributed by atoms with Gasteiger partial charge in [0.25, 0.3) is 0 Å². The summed E-state index contributed by atoms with van der Waals surface area (Å²) < 4.78 is 0. The van der Waals surface area contributed by atoms with Crippen molar-refractivity contribution in [3.63, 3.8) is 0 Å². The molecule has 0 aromatic heterocycles. The van der Waals surface area contributed by atoms with Gasteiger partial charge in [-0.2, -0.15) is 0 Å². The second-order valence-corrected chi connectivity index (χ2v) is 6.37. The number of urea groups is 1. The van der Waals surface area contributed by atoms with Crippen LogP contribution in [0.15, 0.2) is 24.3 Å². The summed E-state index contributed by atoms with van der Waals surface area (Å²) in [6.07, 6.45) is 0. The van der Waals surface area contributed by atoms with E-state index < -0.39 is 0 Å². The van der Waals surface area contributed by atoms with Crippen LogP contribution in [-0.4, -0.2) is 12.6 Å². The van der Waals surface area contributed by atoms with Crippen molar-refractivity contribution in [3.8, 4) is 0 Å². The van der Waals surface area contributed by atoms with Crippen molar-refractivity contribution in [2.24, 2.45) is 17.1 Å². The minimum atomic E-state index is -0.180. The Morgan fingerprint density at radius 2 is 1.95 bits per heavy atom. The van der Waals surface area contributed by atoms with Crippen LogP contribution in [0.1, 0.15) is 46.2 Å². The van der Waals surface area contributed by atoms with E-state index in [1.54, 1.807) is 0 Å². The van der Waals surface area contributed by atoms with Crippen molar-refractivity contribution in [2.75, 3.05) is 11.9 Å². The van der Waals surface area contributed by atoms with Crippen molar-refractivity contribution in [3.05, 3.63) is 29.8 Å². The molecule has 2 amide bonds. The van der Waals surface area contributed by atoms with Crippen LogP contribution in [0.4, 0.5) is 10.5 Å². The van der Waals surface area contributed by atoms with Gasteiger partial charge in [-0.1, -0.05) is 39.8 Å². The van der Waals surface area contributed by atoms with E-state index in [1.807, 2.05) is 31.2 Å². The average molecular weight is 277 g/mol. The first-order chi connectivity index (χ1) is 9.22. The highest BCUT2D eigenvalue weighted by atomic mass is 16.2. The van der Waals surface area contributed by atoms with Crippen LogP contribution in [0.5, 0.6) is 0 Å². The number of amides is 2. The number of nitrogens with two attached hydrogens (primary N) is 1. The van der Waals surface area contributed by atoms with Crippen molar-refractivity contribution in [2.45, 2.75) is 40.7 Å². The summed E-state index contributed by atoms with van der Waals surface area (Å²) in [7, 11) is 0. The van der Waals surface area contributed by atoms with Crippen molar-refractivity contribution in [1.82, 2.24) is 5.32 Å². The zero-order chi connectivity index (χ0) is 15.3. The largest absolute Gasteiger partial charge is 0.337 e. The fourth-order valence-electron chi connectivity index (χ4n) is 1.59. The van der Waals surface area contributed by atoms with E-state index in [-0.39, 0.29) is 17.5 Å². The van der Waals surface area contributed by atoms with E-state index in [0.29, 0.717) is 12.5 Å². The van der Waals surface area contributed by atoms with Gasteiger partial charge in [-0.15, -0.1) is 0 Å². The van der Waals surface area contributed by atoms with E-state index >= 15 is 0 Å². The van der Waals surface area contributed by atoms with Gasteiger partial charge in [0.05, 0.1) is 0 Å². The minimum Gasteiger partial charge on any atom is -0.337 e. The van der Waals surface area contributed by atoms with Gasteiger partial charge in [-0.05, 0) is 36.0 Å². The molecular weight excluding hydrogens is 250 g/mol. The van der Waals surface area contributed by atoms with Gasteiger partial charge in [-0.3, -0.25) is 0 Å². The van der Waals surface area contributed by atoms with E-state index in [4.69, 9.17) is 5.73 Å².